The molecule has 0 bridgehead atoms. The van der Waals surface area contributed by atoms with Gasteiger partial charge in [0.2, 0.25) is 11.8 Å². The van der Waals surface area contributed by atoms with Gasteiger partial charge in [-0.25, -0.2) is 0 Å². The lowest BCUT2D eigenvalue weighted by atomic mass is 10.0. The number of rotatable bonds is 9. The van der Waals surface area contributed by atoms with Crippen molar-refractivity contribution >= 4 is 23.6 Å². The molecule has 0 aliphatic carbocycles. The van der Waals surface area contributed by atoms with Crippen LogP contribution < -0.4 is 14.8 Å². The molecule has 3 aromatic carbocycles. The number of carbonyl (C=O) groups is 2. The van der Waals surface area contributed by atoms with E-state index < -0.39 is 0 Å². The lowest BCUT2D eigenvalue weighted by Crippen LogP contribution is -2.31. The third-order valence-electron chi connectivity index (χ3n) is 5.46. The monoisotopic (exact) mass is 458 g/mol. The summed E-state index contributed by atoms with van der Waals surface area (Å²) < 4.78 is 10.6. The molecule has 6 heteroatoms. The number of hydrogen-bond donors (Lipinski definition) is 1. The standard InChI is InChI=1S/C28H30N2O4/c1-20(24-11-8-12-25(18-24)29-21(2)31)30(19-23-9-6-5-7-10-23)28(32)16-14-22-13-15-26(33-3)27(17-22)34-4/h5-18,20H,19H2,1-4H3,(H,29,31)/b16-14+. The Labute approximate surface area is 200 Å². The lowest BCUT2D eigenvalue weighted by Gasteiger charge is -2.29. The molecule has 0 radical (unpaired) electrons. The van der Waals surface area contributed by atoms with Gasteiger partial charge < -0.3 is 19.7 Å². The van der Waals surface area contributed by atoms with Gasteiger partial charge in [0.25, 0.3) is 0 Å². The molecule has 0 heterocycles. The zero-order valence-electron chi connectivity index (χ0n) is 19.9. The highest BCUT2D eigenvalue weighted by Gasteiger charge is 2.21. The molecule has 6 nitrogen and oxygen atoms in total. The van der Waals surface area contributed by atoms with Gasteiger partial charge in [-0.2, -0.15) is 0 Å². The van der Waals surface area contributed by atoms with E-state index in [-0.39, 0.29) is 17.9 Å². The number of methoxy groups -OCH3 is 2. The minimum absolute atomic E-state index is 0.129. The van der Waals surface area contributed by atoms with Gasteiger partial charge >= 0.3 is 0 Å². The summed E-state index contributed by atoms with van der Waals surface area (Å²) in [5, 5.41) is 2.81. The van der Waals surface area contributed by atoms with E-state index in [0.29, 0.717) is 23.7 Å². The average molecular weight is 459 g/mol. The second-order valence-corrected chi connectivity index (χ2v) is 7.88. The molecule has 0 aliphatic heterocycles. The van der Waals surface area contributed by atoms with Crippen molar-refractivity contribution in [2.45, 2.75) is 26.4 Å². The number of carbonyl (C=O) groups excluding carboxylic acids is 2. The molecule has 3 aromatic rings. The summed E-state index contributed by atoms with van der Waals surface area (Å²) in [6.45, 7) is 3.90. The van der Waals surface area contributed by atoms with Crippen LogP contribution in [0, 0.1) is 0 Å². The molecule has 34 heavy (non-hydrogen) atoms. The Balaban J connectivity index is 1.89. The first-order valence-electron chi connectivity index (χ1n) is 11.0. The SMILES string of the molecule is COc1ccc(/C=C/C(=O)N(Cc2ccccc2)C(C)c2cccc(NC(C)=O)c2)cc1OC. The highest BCUT2D eigenvalue weighted by Crippen LogP contribution is 2.29. The predicted molar refractivity (Wildman–Crippen MR) is 135 cm³/mol. The smallest absolute Gasteiger partial charge is 0.247 e. The second-order valence-electron chi connectivity index (χ2n) is 7.88. The third kappa shape index (κ3) is 6.48. The molecule has 0 aliphatic rings. The first-order chi connectivity index (χ1) is 16.4. The van der Waals surface area contributed by atoms with Gasteiger partial charge in [0.15, 0.2) is 11.5 Å². The number of amides is 2. The average Bonchev–Trinajstić information content (AvgIpc) is 2.85. The molecule has 0 saturated carbocycles. The summed E-state index contributed by atoms with van der Waals surface area (Å²) in [5.41, 5.74) is 3.48. The fourth-order valence-electron chi connectivity index (χ4n) is 3.67. The molecule has 1 N–H and O–H groups in total. The highest BCUT2D eigenvalue weighted by molar-refractivity contribution is 5.92. The van der Waals surface area contributed by atoms with Gasteiger partial charge in [-0.1, -0.05) is 48.5 Å². The minimum Gasteiger partial charge on any atom is -0.493 e. The minimum atomic E-state index is -0.225. The van der Waals surface area contributed by atoms with Crippen LogP contribution >= 0.6 is 0 Å². The van der Waals surface area contributed by atoms with E-state index >= 15 is 0 Å². The molecule has 0 spiro atoms. The Bertz CT molecular complexity index is 1160. The van der Waals surface area contributed by atoms with Crippen LogP contribution in [0.2, 0.25) is 0 Å². The van der Waals surface area contributed by atoms with E-state index in [9.17, 15) is 9.59 Å². The summed E-state index contributed by atoms with van der Waals surface area (Å²) in [6.07, 6.45) is 3.33. The van der Waals surface area contributed by atoms with Crippen LogP contribution in [-0.4, -0.2) is 30.9 Å². The third-order valence-corrected chi connectivity index (χ3v) is 5.46. The zero-order valence-corrected chi connectivity index (χ0v) is 19.9. The van der Waals surface area contributed by atoms with E-state index in [0.717, 1.165) is 16.7 Å². The van der Waals surface area contributed by atoms with Crippen molar-refractivity contribution in [1.82, 2.24) is 4.90 Å². The fourth-order valence-corrected chi connectivity index (χ4v) is 3.67. The van der Waals surface area contributed by atoms with Gasteiger partial charge in [-0.3, -0.25) is 9.59 Å². The molecule has 2 amide bonds. The summed E-state index contributed by atoms with van der Waals surface area (Å²) in [5.74, 6) is 0.960. The van der Waals surface area contributed by atoms with E-state index in [2.05, 4.69) is 5.32 Å². The summed E-state index contributed by atoms with van der Waals surface area (Å²) in [4.78, 5) is 26.7. The van der Waals surface area contributed by atoms with Crippen LogP contribution in [0.15, 0.2) is 78.9 Å². The molecular weight excluding hydrogens is 428 g/mol. The summed E-state index contributed by atoms with van der Waals surface area (Å²) in [7, 11) is 3.16. The molecule has 176 valence electrons. The van der Waals surface area contributed by atoms with Crippen molar-refractivity contribution in [3.05, 3.63) is 95.6 Å². The van der Waals surface area contributed by atoms with Crippen LogP contribution in [0.25, 0.3) is 6.08 Å². The molecule has 0 saturated heterocycles. The van der Waals surface area contributed by atoms with E-state index in [4.69, 9.17) is 9.47 Å². The zero-order chi connectivity index (χ0) is 24.5. The topological polar surface area (TPSA) is 67.9 Å². The molecule has 0 aromatic heterocycles. The molecule has 0 fully saturated rings. The van der Waals surface area contributed by atoms with Crippen LogP contribution in [-0.2, 0) is 16.1 Å². The van der Waals surface area contributed by atoms with E-state index in [1.807, 2.05) is 73.7 Å². The summed E-state index contributed by atoms with van der Waals surface area (Å²) >= 11 is 0. The Kier molecular flexibility index (Phi) is 8.46. The maximum absolute atomic E-state index is 13.4. The van der Waals surface area contributed by atoms with Gasteiger partial charge in [-0.05, 0) is 54.0 Å². The quantitative estimate of drug-likeness (QED) is 0.432. The number of nitrogens with zero attached hydrogens (tertiary/aromatic N) is 1. The lowest BCUT2D eigenvalue weighted by molar-refractivity contribution is -0.128. The second kappa shape index (κ2) is 11.7. The van der Waals surface area contributed by atoms with Crippen molar-refractivity contribution in [3.63, 3.8) is 0 Å². The van der Waals surface area contributed by atoms with Crippen molar-refractivity contribution in [2.24, 2.45) is 0 Å². The van der Waals surface area contributed by atoms with E-state index in [1.165, 1.54) is 6.92 Å². The van der Waals surface area contributed by atoms with Gasteiger partial charge in [0, 0.05) is 25.2 Å². The highest BCUT2D eigenvalue weighted by atomic mass is 16.5. The first kappa shape index (κ1) is 24.6. The molecule has 3 rings (SSSR count). The van der Waals surface area contributed by atoms with Gasteiger partial charge in [0.05, 0.1) is 20.3 Å². The Morgan fingerprint density at radius 2 is 1.68 bits per heavy atom. The van der Waals surface area contributed by atoms with Gasteiger partial charge in [-0.15, -0.1) is 0 Å². The maximum atomic E-state index is 13.4. The maximum Gasteiger partial charge on any atom is 0.247 e. The molecule has 1 unspecified atom stereocenters. The van der Waals surface area contributed by atoms with Crippen LogP contribution in [0.1, 0.15) is 36.6 Å². The van der Waals surface area contributed by atoms with Gasteiger partial charge in [0.1, 0.15) is 0 Å². The number of nitrogens with one attached hydrogen (secondary N) is 1. The molecule has 1 atom stereocenters. The van der Waals surface area contributed by atoms with Crippen LogP contribution in [0.4, 0.5) is 5.69 Å². The Hall–Kier alpha value is -4.06. The van der Waals surface area contributed by atoms with E-state index in [1.54, 1.807) is 37.3 Å². The number of hydrogen-bond acceptors (Lipinski definition) is 4. The van der Waals surface area contributed by atoms with Crippen molar-refractivity contribution in [1.29, 1.82) is 0 Å². The fraction of sp³-hybridized carbons (Fsp3) is 0.214. The van der Waals surface area contributed by atoms with Crippen LogP contribution in [0.5, 0.6) is 11.5 Å². The predicted octanol–water partition coefficient (Wildman–Crippen LogP) is 5.47. The number of ether oxygens (including phenoxy) is 2. The Morgan fingerprint density at radius 3 is 2.35 bits per heavy atom. The van der Waals surface area contributed by atoms with Crippen LogP contribution in [0.3, 0.4) is 0 Å². The number of benzene rings is 3. The normalized spacial score (nSPS) is 11.6. The van der Waals surface area contributed by atoms with Crippen molar-refractivity contribution < 1.29 is 19.1 Å². The Morgan fingerprint density at radius 1 is 0.941 bits per heavy atom. The number of anilines is 1. The van der Waals surface area contributed by atoms with Crippen molar-refractivity contribution in [2.75, 3.05) is 19.5 Å². The first-order valence-corrected chi connectivity index (χ1v) is 11.0. The largest absolute Gasteiger partial charge is 0.493 e. The summed E-state index contributed by atoms with van der Waals surface area (Å²) in [6, 6.07) is 22.7. The molecular formula is C28H30N2O4. The van der Waals surface area contributed by atoms with Crippen molar-refractivity contribution in [3.8, 4) is 11.5 Å².